The predicted molar refractivity (Wildman–Crippen MR) is 67.4 cm³/mol. The van der Waals surface area contributed by atoms with E-state index in [1.807, 2.05) is 24.3 Å². The Balaban J connectivity index is 2.73. The van der Waals surface area contributed by atoms with Gasteiger partial charge >= 0.3 is 5.97 Å². The number of benzene rings is 1. The van der Waals surface area contributed by atoms with Crippen LogP contribution in [0.2, 0.25) is 0 Å². The van der Waals surface area contributed by atoms with Crippen LogP contribution < -0.4 is 0 Å². The first kappa shape index (κ1) is 13.5. The molecule has 1 atom stereocenters. The van der Waals surface area contributed by atoms with Crippen molar-refractivity contribution >= 4 is 21.9 Å². The zero-order valence-electron chi connectivity index (χ0n) is 9.34. The van der Waals surface area contributed by atoms with E-state index in [-0.39, 0.29) is 12.4 Å². The van der Waals surface area contributed by atoms with Gasteiger partial charge in [0.15, 0.2) is 0 Å². The lowest BCUT2D eigenvalue weighted by atomic mass is 10.0. The van der Waals surface area contributed by atoms with E-state index in [0.29, 0.717) is 6.42 Å². The molecule has 90 valence electrons. The number of esters is 1. The molecule has 1 rings (SSSR count). The highest BCUT2D eigenvalue weighted by molar-refractivity contribution is 9.10. The second-order valence-electron chi connectivity index (χ2n) is 3.47. The van der Waals surface area contributed by atoms with Crippen molar-refractivity contribution in [2.75, 3.05) is 7.11 Å². The molecule has 17 heavy (non-hydrogen) atoms. The average Bonchev–Trinajstić information content (AvgIpc) is 2.29. The van der Waals surface area contributed by atoms with Crippen molar-refractivity contribution in [3.8, 4) is 0 Å². The minimum atomic E-state index is -0.415. The lowest BCUT2D eigenvalue weighted by Gasteiger charge is -2.09. The summed E-state index contributed by atoms with van der Waals surface area (Å²) >= 11 is 3.36. The van der Waals surface area contributed by atoms with Crippen LogP contribution in [0.3, 0.4) is 0 Å². The second kappa shape index (κ2) is 6.93. The maximum atomic E-state index is 11.1. The summed E-state index contributed by atoms with van der Waals surface area (Å²) in [6.07, 6.45) is 0.603. The molecular weight excluding hydrogens is 286 g/mol. The molecule has 0 fully saturated rings. The lowest BCUT2D eigenvalue weighted by molar-refractivity contribution is -0.140. The summed E-state index contributed by atoms with van der Waals surface area (Å²) in [5.74, 6) is -0.377. The standard InChI is InChI=1S/C11H12BrN3O2/c1-17-11(16)7-10(14-15-13)6-8-3-2-4-9(12)5-8/h2-5,10H,6-7H2,1H3/t10-/m1/s1. The van der Waals surface area contributed by atoms with Crippen LogP contribution >= 0.6 is 15.9 Å². The van der Waals surface area contributed by atoms with Gasteiger partial charge in [0.25, 0.3) is 0 Å². The number of hydrogen-bond donors (Lipinski definition) is 0. The largest absolute Gasteiger partial charge is 0.469 e. The Hall–Kier alpha value is -1.52. The van der Waals surface area contributed by atoms with Gasteiger partial charge < -0.3 is 4.74 Å². The molecule has 0 spiro atoms. The molecule has 5 nitrogen and oxygen atoms in total. The van der Waals surface area contributed by atoms with Gasteiger partial charge in [0.2, 0.25) is 0 Å². The van der Waals surface area contributed by atoms with E-state index < -0.39 is 6.04 Å². The molecule has 6 heteroatoms. The van der Waals surface area contributed by atoms with E-state index in [0.717, 1.165) is 10.0 Å². The fourth-order valence-electron chi connectivity index (χ4n) is 1.44. The number of methoxy groups -OCH3 is 1. The van der Waals surface area contributed by atoms with Crippen molar-refractivity contribution in [1.29, 1.82) is 0 Å². The first-order valence-electron chi connectivity index (χ1n) is 5.01. The van der Waals surface area contributed by atoms with Crippen LogP contribution in [-0.2, 0) is 16.0 Å². The van der Waals surface area contributed by atoms with Crippen molar-refractivity contribution in [2.24, 2.45) is 5.11 Å². The van der Waals surface area contributed by atoms with Crippen molar-refractivity contribution in [2.45, 2.75) is 18.9 Å². The van der Waals surface area contributed by atoms with Crippen molar-refractivity contribution in [1.82, 2.24) is 0 Å². The Morgan fingerprint density at radius 1 is 1.65 bits per heavy atom. The number of carbonyl (C=O) groups is 1. The molecule has 0 aliphatic carbocycles. The number of ether oxygens (including phenoxy) is 1. The molecule has 0 N–H and O–H groups in total. The number of carbonyl (C=O) groups excluding carboxylic acids is 1. The van der Waals surface area contributed by atoms with Gasteiger partial charge in [0.1, 0.15) is 0 Å². The molecule has 0 aliphatic rings. The number of nitrogens with zero attached hydrogens (tertiary/aromatic N) is 3. The topological polar surface area (TPSA) is 75.1 Å². The molecule has 0 radical (unpaired) electrons. The maximum Gasteiger partial charge on any atom is 0.305 e. The van der Waals surface area contributed by atoms with E-state index >= 15 is 0 Å². The molecular formula is C11H12BrN3O2. The van der Waals surface area contributed by atoms with Gasteiger partial charge in [-0.2, -0.15) is 0 Å². The first-order chi connectivity index (χ1) is 8.15. The Kier molecular flexibility index (Phi) is 5.52. The van der Waals surface area contributed by atoms with Crippen molar-refractivity contribution in [3.63, 3.8) is 0 Å². The highest BCUT2D eigenvalue weighted by Gasteiger charge is 2.13. The summed E-state index contributed by atoms with van der Waals surface area (Å²) in [4.78, 5) is 13.9. The number of rotatable bonds is 5. The Labute approximate surface area is 108 Å². The molecule has 0 bridgehead atoms. The maximum absolute atomic E-state index is 11.1. The van der Waals surface area contributed by atoms with Crippen LogP contribution in [0.15, 0.2) is 33.9 Å². The molecule has 0 aliphatic heterocycles. The molecule has 0 amide bonds. The van der Waals surface area contributed by atoms with Crippen LogP contribution in [0.5, 0.6) is 0 Å². The fraction of sp³-hybridized carbons (Fsp3) is 0.364. The molecule has 1 aromatic carbocycles. The second-order valence-corrected chi connectivity index (χ2v) is 4.39. The average molecular weight is 298 g/mol. The smallest absolute Gasteiger partial charge is 0.305 e. The fourth-order valence-corrected chi connectivity index (χ4v) is 1.89. The summed E-state index contributed by atoms with van der Waals surface area (Å²) in [5.41, 5.74) is 9.45. The third-order valence-corrected chi connectivity index (χ3v) is 2.70. The Morgan fingerprint density at radius 2 is 2.41 bits per heavy atom. The Morgan fingerprint density at radius 3 is 3.00 bits per heavy atom. The van der Waals surface area contributed by atoms with Gasteiger partial charge in [-0.3, -0.25) is 4.79 Å². The minimum Gasteiger partial charge on any atom is -0.469 e. The van der Waals surface area contributed by atoms with Crippen LogP contribution in [-0.4, -0.2) is 19.1 Å². The SMILES string of the molecule is COC(=O)C[C@@H](Cc1cccc(Br)c1)N=[N+]=[N-]. The normalized spacial score (nSPS) is 11.4. The quantitative estimate of drug-likeness (QED) is 0.362. The van der Waals surface area contributed by atoms with E-state index in [4.69, 9.17) is 5.53 Å². The third-order valence-electron chi connectivity index (χ3n) is 2.21. The van der Waals surface area contributed by atoms with Gasteiger partial charge in [-0.15, -0.1) is 0 Å². The predicted octanol–water partition coefficient (Wildman–Crippen LogP) is 3.23. The Bertz CT molecular complexity index is 444. The molecule has 0 aromatic heterocycles. The number of halogens is 1. The van der Waals surface area contributed by atoms with E-state index in [1.165, 1.54) is 7.11 Å². The van der Waals surface area contributed by atoms with Gasteiger partial charge in [-0.05, 0) is 29.6 Å². The molecule has 0 saturated carbocycles. The molecule has 0 saturated heterocycles. The van der Waals surface area contributed by atoms with Crippen LogP contribution in [0, 0.1) is 0 Å². The summed E-state index contributed by atoms with van der Waals surface area (Å²) in [6, 6.07) is 7.23. The van der Waals surface area contributed by atoms with Crippen molar-refractivity contribution < 1.29 is 9.53 Å². The lowest BCUT2D eigenvalue weighted by Crippen LogP contribution is -2.15. The van der Waals surface area contributed by atoms with Gasteiger partial charge in [0, 0.05) is 9.38 Å². The first-order valence-corrected chi connectivity index (χ1v) is 5.80. The van der Waals surface area contributed by atoms with E-state index in [1.54, 1.807) is 0 Å². The molecule has 0 unspecified atom stereocenters. The highest BCUT2D eigenvalue weighted by atomic mass is 79.9. The zero-order valence-corrected chi connectivity index (χ0v) is 10.9. The zero-order chi connectivity index (χ0) is 12.7. The summed E-state index contributed by atoms with van der Waals surface area (Å²) in [6.45, 7) is 0. The van der Waals surface area contributed by atoms with Crippen LogP contribution in [0.4, 0.5) is 0 Å². The number of hydrogen-bond acceptors (Lipinski definition) is 3. The van der Waals surface area contributed by atoms with Gasteiger partial charge in [0.05, 0.1) is 19.6 Å². The van der Waals surface area contributed by atoms with Crippen LogP contribution in [0.25, 0.3) is 10.4 Å². The monoisotopic (exact) mass is 297 g/mol. The van der Waals surface area contributed by atoms with E-state index in [9.17, 15) is 4.79 Å². The van der Waals surface area contributed by atoms with Gasteiger partial charge in [-0.25, -0.2) is 0 Å². The van der Waals surface area contributed by atoms with Gasteiger partial charge in [-0.1, -0.05) is 33.2 Å². The third kappa shape index (κ3) is 4.89. The van der Waals surface area contributed by atoms with Crippen LogP contribution in [0.1, 0.15) is 12.0 Å². The van der Waals surface area contributed by atoms with E-state index in [2.05, 4.69) is 30.7 Å². The molecule has 1 aromatic rings. The summed E-state index contributed by atoms with van der Waals surface area (Å²) in [7, 11) is 1.31. The minimum absolute atomic E-state index is 0.0904. The summed E-state index contributed by atoms with van der Waals surface area (Å²) < 4.78 is 5.51. The summed E-state index contributed by atoms with van der Waals surface area (Å²) in [5, 5.41) is 3.60. The highest BCUT2D eigenvalue weighted by Crippen LogP contribution is 2.15. The molecule has 0 heterocycles. The number of azide groups is 1. The van der Waals surface area contributed by atoms with Crippen molar-refractivity contribution in [3.05, 3.63) is 44.7 Å².